The normalized spacial score (nSPS) is 19.7. The Morgan fingerprint density at radius 2 is 2.08 bits per heavy atom. The van der Waals surface area contributed by atoms with Crippen LogP contribution in [0.2, 0.25) is 0 Å². The van der Waals surface area contributed by atoms with Gasteiger partial charge in [0.1, 0.15) is 12.3 Å². The highest BCUT2D eigenvalue weighted by molar-refractivity contribution is 5.73. The van der Waals surface area contributed by atoms with Gasteiger partial charge in [-0.1, -0.05) is 32.9 Å². The van der Waals surface area contributed by atoms with Gasteiger partial charge in [-0.3, -0.25) is 9.48 Å². The number of methoxy groups -OCH3 is 1. The van der Waals surface area contributed by atoms with Crippen LogP contribution in [-0.4, -0.2) is 28.0 Å². The van der Waals surface area contributed by atoms with E-state index in [1.54, 1.807) is 16.8 Å². The number of esters is 1. The number of aromatic hydroxyl groups is 1. The molecule has 0 radical (unpaired) electrons. The number of fused-ring (bicyclic) bond motifs is 1. The van der Waals surface area contributed by atoms with E-state index in [4.69, 9.17) is 9.84 Å². The summed E-state index contributed by atoms with van der Waals surface area (Å²) in [5.74, 6) is 1.05. The summed E-state index contributed by atoms with van der Waals surface area (Å²) >= 11 is 0. The Balaban J connectivity index is 2.22. The Morgan fingerprint density at radius 3 is 2.72 bits per heavy atom. The minimum absolute atomic E-state index is 0.0996. The van der Waals surface area contributed by atoms with Gasteiger partial charge in [-0.25, -0.2) is 0 Å². The van der Waals surface area contributed by atoms with Crippen LogP contribution in [0.4, 0.5) is 0 Å². The van der Waals surface area contributed by atoms with Gasteiger partial charge < -0.3 is 9.84 Å². The van der Waals surface area contributed by atoms with Gasteiger partial charge >= 0.3 is 5.97 Å². The van der Waals surface area contributed by atoms with Gasteiger partial charge in [0.25, 0.3) is 0 Å². The molecule has 1 heterocycles. The molecule has 2 atom stereocenters. The molecule has 0 aliphatic heterocycles. The highest BCUT2D eigenvalue weighted by atomic mass is 16.5. The Labute approximate surface area is 148 Å². The van der Waals surface area contributed by atoms with Crippen LogP contribution in [-0.2, 0) is 16.1 Å². The third-order valence-corrected chi connectivity index (χ3v) is 5.26. The Kier molecular flexibility index (Phi) is 4.84. The second-order valence-electron chi connectivity index (χ2n) is 7.23. The topological polar surface area (TPSA) is 64.4 Å². The van der Waals surface area contributed by atoms with Crippen molar-refractivity contribution >= 4 is 5.97 Å². The highest BCUT2D eigenvalue weighted by Crippen LogP contribution is 2.47. The first-order valence-corrected chi connectivity index (χ1v) is 8.89. The van der Waals surface area contributed by atoms with Crippen molar-refractivity contribution in [3.05, 3.63) is 35.5 Å². The molecule has 0 saturated heterocycles. The van der Waals surface area contributed by atoms with Crippen molar-refractivity contribution in [3.8, 4) is 17.0 Å². The van der Waals surface area contributed by atoms with Crippen LogP contribution in [0.3, 0.4) is 0 Å². The van der Waals surface area contributed by atoms with E-state index in [0.717, 1.165) is 35.4 Å². The van der Waals surface area contributed by atoms with E-state index in [1.165, 1.54) is 7.11 Å². The van der Waals surface area contributed by atoms with Gasteiger partial charge in [0.15, 0.2) is 0 Å². The lowest BCUT2D eigenvalue weighted by atomic mass is 9.75. The third-order valence-electron chi connectivity index (χ3n) is 5.26. The molecule has 5 heteroatoms. The highest BCUT2D eigenvalue weighted by Gasteiger charge is 2.35. The number of carbonyl (C=O) groups excluding carboxylic acids is 1. The van der Waals surface area contributed by atoms with Gasteiger partial charge in [-0.05, 0) is 36.8 Å². The van der Waals surface area contributed by atoms with Crippen LogP contribution in [0.15, 0.2) is 24.3 Å². The van der Waals surface area contributed by atoms with Gasteiger partial charge in [-0.15, -0.1) is 0 Å². The monoisotopic (exact) mass is 342 g/mol. The van der Waals surface area contributed by atoms with Crippen molar-refractivity contribution in [1.29, 1.82) is 0 Å². The van der Waals surface area contributed by atoms with Crippen LogP contribution in [0.1, 0.15) is 56.7 Å². The number of phenolic OH excluding ortho intramolecular Hbond substituents is 1. The van der Waals surface area contributed by atoms with E-state index in [2.05, 4.69) is 20.8 Å². The van der Waals surface area contributed by atoms with Crippen LogP contribution in [0.5, 0.6) is 5.75 Å². The quantitative estimate of drug-likeness (QED) is 0.851. The SMILES string of the molecule is COC(=O)Cn1nc(-c2ccccc2O)c2c1[C@H](C(C)C)CC[C@H]2C. The van der Waals surface area contributed by atoms with Crippen LogP contribution >= 0.6 is 0 Å². The predicted molar refractivity (Wildman–Crippen MR) is 96.6 cm³/mol. The lowest BCUT2D eigenvalue weighted by Crippen LogP contribution is -2.23. The van der Waals surface area contributed by atoms with Crippen molar-refractivity contribution in [3.63, 3.8) is 0 Å². The lowest BCUT2D eigenvalue weighted by Gasteiger charge is -2.31. The first kappa shape index (κ1) is 17.5. The second kappa shape index (κ2) is 6.90. The predicted octanol–water partition coefficient (Wildman–Crippen LogP) is 4.07. The number of benzene rings is 1. The average Bonchev–Trinajstić information content (AvgIpc) is 2.95. The molecule has 25 heavy (non-hydrogen) atoms. The average molecular weight is 342 g/mol. The van der Waals surface area contributed by atoms with Gasteiger partial charge in [0, 0.05) is 22.7 Å². The Hall–Kier alpha value is -2.30. The van der Waals surface area contributed by atoms with Crippen molar-refractivity contribution in [2.45, 2.75) is 52.0 Å². The zero-order chi connectivity index (χ0) is 18.1. The van der Waals surface area contributed by atoms with Crippen molar-refractivity contribution < 1.29 is 14.6 Å². The van der Waals surface area contributed by atoms with E-state index < -0.39 is 0 Å². The summed E-state index contributed by atoms with van der Waals surface area (Å²) in [6.45, 7) is 6.71. The molecule has 1 aromatic heterocycles. The molecule has 0 bridgehead atoms. The summed E-state index contributed by atoms with van der Waals surface area (Å²) in [4.78, 5) is 11.9. The minimum Gasteiger partial charge on any atom is -0.507 e. The number of phenols is 1. The molecule has 5 nitrogen and oxygen atoms in total. The smallest absolute Gasteiger partial charge is 0.327 e. The molecular formula is C20H26N2O3. The molecule has 0 amide bonds. The number of para-hydroxylation sites is 1. The maximum Gasteiger partial charge on any atom is 0.327 e. The number of aromatic nitrogens is 2. The number of hydrogen-bond acceptors (Lipinski definition) is 4. The minimum atomic E-state index is -0.310. The molecule has 3 rings (SSSR count). The van der Waals surface area contributed by atoms with Crippen molar-refractivity contribution in [2.75, 3.05) is 7.11 Å². The number of hydrogen-bond donors (Lipinski definition) is 1. The molecule has 1 aliphatic carbocycles. The van der Waals surface area contributed by atoms with Crippen LogP contribution in [0, 0.1) is 5.92 Å². The van der Waals surface area contributed by atoms with E-state index in [9.17, 15) is 9.90 Å². The fourth-order valence-corrected chi connectivity index (χ4v) is 3.91. The molecule has 0 unspecified atom stereocenters. The largest absolute Gasteiger partial charge is 0.507 e. The molecule has 134 valence electrons. The van der Waals surface area contributed by atoms with Crippen molar-refractivity contribution in [2.24, 2.45) is 5.92 Å². The zero-order valence-corrected chi connectivity index (χ0v) is 15.3. The van der Waals surface area contributed by atoms with E-state index in [1.807, 2.05) is 12.1 Å². The fraction of sp³-hybridized carbons (Fsp3) is 0.500. The summed E-state index contributed by atoms with van der Waals surface area (Å²) in [5, 5.41) is 15.1. The maximum atomic E-state index is 11.9. The summed E-state index contributed by atoms with van der Waals surface area (Å²) < 4.78 is 6.65. The third kappa shape index (κ3) is 3.15. The number of ether oxygens (including phenoxy) is 1. The van der Waals surface area contributed by atoms with Gasteiger partial charge in [0.05, 0.1) is 12.8 Å². The number of rotatable bonds is 4. The summed E-state index contributed by atoms with van der Waals surface area (Å²) in [6.07, 6.45) is 2.17. The molecule has 1 N–H and O–H groups in total. The van der Waals surface area contributed by atoms with Gasteiger partial charge in [-0.2, -0.15) is 5.10 Å². The Bertz CT molecular complexity index is 779. The van der Waals surface area contributed by atoms with E-state index in [0.29, 0.717) is 17.8 Å². The molecular weight excluding hydrogens is 316 g/mol. The van der Waals surface area contributed by atoms with Crippen LogP contribution < -0.4 is 0 Å². The zero-order valence-electron chi connectivity index (χ0n) is 15.3. The molecule has 2 aromatic rings. The van der Waals surface area contributed by atoms with Gasteiger partial charge in [0.2, 0.25) is 0 Å². The number of nitrogens with zero attached hydrogens (tertiary/aromatic N) is 2. The summed E-state index contributed by atoms with van der Waals surface area (Å²) in [5.41, 5.74) is 3.79. The first-order chi connectivity index (χ1) is 11.9. The standard InChI is InChI=1S/C20H26N2O3/c1-12(2)14-10-9-13(3)18-19(15-7-5-6-8-16(15)23)21-22(20(14)18)11-17(24)25-4/h5-8,12-14,23H,9-11H2,1-4H3/t13-,14+/m1/s1. The summed E-state index contributed by atoms with van der Waals surface area (Å²) in [6, 6.07) is 7.26. The second-order valence-corrected chi connectivity index (χ2v) is 7.23. The van der Waals surface area contributed by atoms with E-state index in [-0.39, 0.29) is 18.3 Å². The molecule has 1 aliphatic rings. The first-order valence-electron chi connectivity index (χ1n) is 8.89. The molecule has 1 aromatic carbocycles. The fourth-order valence-electron chi connectivity index (χ4n) is 3.91. The van der Waals surface area contributed by atoms with Crippen molar-refractivity contribution in [1.82, 2.24) is 9.78 Å². The number of carbonyl (C=O) groups is 1. The molecule has 0 fully saturated rings. The van der Waals surface area contributed by atoms with E-state index >= 15 is 0 Å². The Morgan fingerprint density at radius 1 is 1.36 bits per heavy atom. The van der Waals surface area contributed by atoms with Crippen LogP contribution in [0.25, 0.3) is 11.3 Å². The molecule has 0 spiro atoms. The maximum absolute atomic E-state index is 11.9. The summed E-state index contributed by atoms with van der Waals surface area (Å²) in [7, 11) is 1.39. The molecule has 0 saturated carbocycles. The lowest BCUT2D eigenvalue weighted by molar-refractivity contribution is -0.141.